The van der Waals surface area contributed by atoms with E-state index in [9.17, 15) is 14.4 Å². The largest absolute Gasteiger partial charge is 0.496 e. The molecule has 0 saturated heterocycles. The van der Waals surface area contributed by atoms with Gasteiger partial charge in [0, 0.05) is 29.7 Å². The summed E-state index contributed by atoms with van der Waals surface area (Å²) in [6.45, 7) is 1.84. The first-order valence-corrected chi connectivity index (χ1v) is 13.8. The Balaban J connectivity index is 1.69. The Bertz CT molecular complexity index is 1490. The van der Waals surface area contributed by atoms with E-state index in [1.54, 1.807) is 13.2 Å². The molecule has 40 heavy (non-hydrogen) atoms. The summed E-state index contributed by atoms with van der Waals surface area (Å²) < 4.78 is 23.2. The van der Waals surface area contributed by atoms with Crippen LogP contribution in [0.3, 0.4) is 0 Å². The number of ether oxygens (including phenoxy) is 4. The van der Waals surface area contributed by atoms with Crippen LogP contribution < -0.4 is 14.2 Å². The van der Waals surface area contributed by atoms with Crippen LogP contribution in [0.15, 0.2) is 48.5 Å². The molecule has 0 radical (unpaired) electrons. The molecule has 0 aliphatic carbocycles. The molecule has 2 heterocycles. The normalized spacial score (nSPS) is 20.9. The predicted octanol–water partition coefficient (Wildman–Crippen LogP) is 6.78. The van der Waals surface area contributed by atoms with E-state index in [1.165, 1.54) is 7.11 Å². The molecular weight excluding hydrogens is 508 g/mol. The minimum atomic E-state index is -0.509. The number of methoxy groups -OCH3 is 2. The first kappa shape index (κ1) is 27.4. The molecule has 7 heteroatoms. The molecule has 3 aromatic carbocycles. The maximum absolute atomic E-state index is 13.7. The van der Waals surface area contributed by atoms with Crippen molar-refractivity contribution in [1.82, 2.24) is 0 Å². The highest BCUT2D eigenvalue weighted by molar-refractivity contribution is 5.99. The molecule has 0 N–H and O–H groups in total. The van der Waals surface area contributed by atoms with Gasteiger partial charge in [-0.25, -0.2) is 4.79 Å². The van der Waals surface area contributed by atoms with E-state index < -0.39 is 11.9 Å². The number of hydrogen-bond donors (Lipinski definition) is 0. The highest BCUT2D eigenvalue weighted by atomic mass is 16.5. The number of carbonyl (C=O) groups is 3. The van der Waals surface area contributed by atoms with Gasteiger partial charge in [0.05, 0.1) is 26.7 Å². The van der Waals surface area contributed by atoms with Crippen LogP contribution in [0.25, 0.3) is 16.8 Å². The molecule has 7 nitrogen and oxygen atoms in total. The predicted molar refractivity (Wildman–Crippen MR) is 152 cm³/mol. The lowest BCUT2D eigenvalue weighted by atomic mass is 9.81. The summed E-state index contributed by atoms with van der Waals surface area (Å²) in [6.07, 6.45) is 7.14. The van der Waals surface area contributed by atoms with Gasteiger partial charge >= 0.3 is 11.9 Å². The van der Waals surface area contributed by atoms with Crippen molar-refractivity contribution in [2.75, 3.05) is 14.2 Å². The lowest BCUT2D eigenvalue weighted by molar-refractivity contribution is -0.135. The highest BCUT2D eigenvalue weighted by Crippen LogP contribution is 2.49. The molecule has 0 bridgehead atoms. The number of Topliss-reactive ketones (excluding diaryl/α,β-unsaturated/α-hetero) is 1. The molecule has 0 saturated carbocycles. The number of benzene rings is 3. The van der Waals surface area contributed by atoms with Crippen molar-refractivity contribution in [3.63, 3.8) is 0 Å². The summed E-state index contributed by atoms with van der Waals surface area (Å²) in [5.41, 5.74) is 2.40. The van der Waals surface area contributed by atoms with E-state index in [2.05, 4.69) is 0 Å². The van der Waals surface area contributed by atoms with Gasteiger partial charge in [-0.05, 0) is 61.3 Å². The summed E-state index contributed by atoms with van der Waals surface area (Å²) in [5, 5.41) is 1.87. The molecule has 1 unspecified atom stereocenters. The van der Waals surface area contributed by atoms with Crippen LogP contribution in [-0.2, 0) is 14.3 Å². The zero-order valence-corrected chi connectivity index (χ0v) is 23.2. The molecule has 0 aromatic heterocycles. The van der Waals surface area contributed by atoms with Crippen LogP contribution in [0.2, 0.25) is 0 Å². The van der Waals surface area contributed by atoms with Crippen LogP contribution >= 0.6 is 0 Å². The van der Waals surface area contributed by atoms with Gasteiger partial charge in [0.1, 0.15) is 28.6 Å². The van der Waals surface area contributed by atoms with Crippen molar-refractivity contribution < 1.29 is 33.3 Å². The van der Waals surface area contributed by atoms with Gasteiger partial charge < -0.3 is 18.9 Å². The molecule has 0 fully saturated rings. The smallest absolute Gasteiger partial charge is 0.342 e. The van der Waals surface area contributed by atoms with Gasteiger partial charge in [0.25, 0.3) is 0 Å². The van der Waals surface area contributed by atoms with E-state index in [0.717, 1.165) is 28.5 Å². The minimum absolute atomic E-state index is 0.0911. The minimum Gasteiger partial charge on any atom is -0.496 e. The summed E-state index contributed by atoms with van der Waals surface area (Å²) in [5.74, 6) is 0.375. The van der Waals surface area contributed by atoms with Crippen LogP contribution in [-0.4, -0.2) is 38.0 Å². The SMILES string of the molecule is COc1c2c(cc3c1C(c1ccc(OC)c4ccccc14)CC(=O)O3)/C=C/CCCC(=O)CCC[C@H](C)OC2=O. The Morgan fingerprint density at radius 2 is 1.70 bits per heavy atom. The van der Waals surface area contributed by atoms with Crippen molar-refractivity contribution in [3.8, 4) is 17.2 Å². The topological polar surface area (TPSA) is 88.1 Å². The Morgan fingerprint density at radius 3 is 2.48 bits per heavy atom. The van der Waals surface area contributed by atoms with E-state index >= 15 is 0 Å². The maximum atomic E-state index is 13.7. The first-order valence-electron chi connectivity index (χ1n) is 13.8. The number of cyclic esters (lactones) is 1. The number of allylic oxidation sites excluding steroid dienone is 1. The molecular formula is C33H34O7. The zero-order chi connectivity index (χ0) is 28.2. The number of rotatable bonds is 3. The van der Waals surface area contributed by atoms with Crippen LogP contribution in [0.4, 0.5) is 0 Å². The van der Waals surface area contributed by atoms with Crippen molar-refractivity contribution >= 4 is 34.6 Å². The summed E-state index contributed by atoms with van der Waals surface area (Å²) in [4.78, 5) is 38.8. The average Bonchev–Trinajstić information content (AvgIpc) is 2.94. The number of esters is 2. The van der Waals surface area contributed by atoms with Gasteiger partial charge in [-0.1, -0.05) is 42.5 Å². The second kappa shape index (κ2) is 11.9. The molecule has 2 aliphatic heterocycles. The molecule has 3 aromatic rings. The van der Waals surface area contributed by atoms with Crippen molar-refractivity contribution in [1.29, 1.82) is 0 Å². The maximum Gasteiger partial charge on any atom is 0.342 e. The fourth-order valence-electron chi connectivity index (χ4n) is 5.75. The van der Waals surface area contributed by atoms with Crippen LogP contribution in [0.1, 0.15) is 84.8 Å². The Labute approximate surface area is 234 Å². The zero-order valence-electron chi connectivity index (χ0n) is 23.2. The summed E-state index contributed by atoms with van der Waals surface area (Å²) in [6, 6.07) is 13.5. The molecule has 2 atom stereocenters. The first-order chi connectivity index (χ1) is 19.4. The van der Waals surface area contributed by atoms with Gasteiger partial charge in [-0.3, -0.25) is 9.59 Å². The van der Waals surface area contributed by atoms with E-state index in [1.807, 2.05) is 55.5 Å². The Hall–Kier alpha value is -4.13. The highest BCUT2D eigenvalue weighted by Gasteiger charge is 2.37. The molecule has 2 aliphatic rings. The standard InChI is InChI=1S/C33H34O7/c1-20-10-9-13-22(34)12-6-4-5-11-21-18-28-31(32(38-3)30(21)33(36)39-20)26(19-29(35)40-28)24-16-17-27(37-2)25-15-8-7-14-23(24)25/h5,7-8,11,14-18,20,26H,4,6,9-10,12-13,19H2,1-3H3/b11-5+/t20-,26?/m0/s1. The second-order valence-electron chi connectivity index (χ2n) is 10.4. The van der Waals surface area contributed by atoms with Gasteiger partial charge in [-0.15, -0.1) is 0 Å². The second-order valence-corrected chi connectivity index (χ2v) is 10.4. The molecule has 208 valence electrons. The third-order valence-electron chi connectivity index (χ3n) is 7.68. The summed E-state index contributed by atoms with van der Waals surface area (Å²) >= 11 is 0. The molecule has 5 rings (SSSR count). The van der Waals surface area contributed by atoms with Gasteiger partial charge in [0.2, 0.25) is 0 Å². The van der Waals surface area contributed by atoms with Gasteiger partial charge in [0.15, 0.2) is 0 Å². The number of fused-ring (bicyclic) bond motifs is 3. The molecule has 0 amide bonds. The molecule has 0 spiro atoms. The van der Waals surface area contributed by atoms with Crippen molar-refractivity contribution in [2.24, 2.45) is 0 Å². The monoisotopic (exact) mass is 542 g/mol. The quantitative estimate of drug-likeness (QED) is 0.266. The van der Waals surface area contributed by atoms with Crippen molar-refractivity contribution in [2.45, 2.75) is 63.9 Å². The van der Waals surface area contributed by atoms with E-state index in [-0.39, 0.29) is 24.3 Å². The Morgan fingerprint density at radius 1 is 0.925 bits per heavy atom. The number of carbonyl (C=O) groups excluding carboxylic acids is 3. The fraction of sp³-hybridized carbons (Fsp3) is 0.364. The van der Waals surface area contributed by atoms with Crippen LogP contribution in [0.5, 0.6) is 17.2 Å². The van der Waals surface area contributed by atoms with Crippen molar-refractivity contribution in [3.05, 3.63) is 70.8 Å². The number of hydrogen-bond acceptors (Lipinski definition) is 7. The Kier molecular flexibility index (Phi) is 8.19. The summed E-state index contributed by atoms with van der Waals surface area (Å²) in [7, 11) is 3.15. The van der Waals surface area contributed by atoms with E-state index in [4.69, 9.17) is 18.9 Å². The van der Waals surface area contributed by atoms with Crippen LogP contribution in [0, 0.1) is 0 Å². The average molecular weight is 543 g/mol. The third-order valence-corrected chi connectivity index (χ3v) is 7.68. The number of ketones is 1. The van der Waals surface area contributed by atoms with Gasteiger partial charge in [-0.2, -0.15) is 0 Å². The van der Waals surface area contributed by atoms with E-state index in [0.29, 0.717) is 60.3 Å². The third kappa shape index (κ3) is 5.46. The lowest BCUT2D eigenvalue weighted by Crippen LogP contribution is -2.24. The lowest BCUT2D eigenvalue weighted by Gasteiger charge is -2.29. The fourth-order valence-corrected chi connectivity index (χ4v) is 5.75.